The molecule has 0 spiro atoms. The average molecular weight is 355 g/mol. The number of rotatable bonds is 5. The fraction of sp³-hybridized carbons (Fsp3) is 0.353. The van der Waals surface area contributed by atoms with Crippen molar-refractivity contribution in [2.45, 2.75) is 26.8 Å². The van der Waals surface area contributed by atoms with Gasteiger partial charge in [-0.05, 0) is 35.1 Å². The molecule has 2 N–H and O–H groups in total. The highest BCUT2D eigenvalue weighted by atomic mass is 35.5. The second-order valence-corrected chi connectivity index (χ2v) is 7.76. The van der Waals surface area contributed by atoms with E-state index >= 15 is 0 Å². The van der Waals surface area contributed by atoms with Crippen LogP contribution < -0.4 is 10.6 Å². The lowest BCUT2D eigenvalue weighted by atomic mass is 9.86. The van der Waals surface area contributed by atoms with Gasteiger partial charge in [-0.2, -0.15) is 0 Å². The first-order valence-electron chi connectivity index (χ1n) is 7.29. The average Bonchev–Trinajstić information content (AvgIpc) is 2.95. The molecule has 124 valence electrons. The van der Waals surface area contributed by atoms with Gasteiger partial charge < -0.3 is 10.6 Å². The van der Waals surface area contributed by atoms with Crippen LogP contribution in [0.2, 0.25) is 5.02 Å². The second kappa shape index (κ2) is 7.43. The number of halogens is 2. The van der Waals surface area contributed by atoms with Crippen LogP contribution in [0.15, 0.2) is 35.7 Å². The molecule has 0 radical (unpaired) electrons. The van der Waals surface area contributed by atoms with Crippen molar-refractivity contribution in [3.8, 4) is 0 Å². The molecule has 0 saturated carbocycles. The van der Waals surface area contributed by atoms with Crippen molar-refractivity contribution in [2.75, 3.05) is 11.9 Å². The standard InChI is InChI=1S/C17H20ClFN2OS/c1-17(2,3)16(14-5-4-8-23-14)20-10-15(22)21-11-6-7-13(19)12(18)9-11/h4-9,16,20H,10H2,1-3H3,(H,21,22). The van der Waals surface area contributed by atoms with Crippen LogP contribution in [0.5, 0.6) is 0 Å². The lowest BCUT2D eigenvalue weighted by Crippen LogP contribution is -2.37. The normalized spacial score (nSPS) is 12.9. The van der Waals surface area contributed by atoms with Crippen LogP contribution in [0.3, 0.4) is 0 Å². The van der Waals surface area contributed by atoms with Crippen molar-refractivity contribution >= 4 is 34.5 Å². The molecule has 0 aliphatic heterocycles. The third kappa shape index (κ3) is 5.03. The minimum absolute atomic E-state index is 0.0121. The maximum atomic E-state index is 13.1. The first kappa shape index (κ1) is 17.9. The number of thiophene rings is 1. The van der Waals surface area contributed by atoms with Crippen molar-refractivity contribution in [1.82, 2.24) is 5.32 Å². The van der Waals surface area contributed by atoms with Gasteiger partial charge in [-0.25, -0.2) is 4.39 Å². The number of benzene rings is 1. The molecular formula is C17H20ClFN2OS. The Balaban J connectivity index is 1.98. The summed E-state index contributed by atoms with van der Waals surface area (Å²) in [5, 5.41) is 8.02. The monoisotopic (exact) mass is 354 g/mol. The molecule has 0 saturated heterocycles. The van der Waals surface area contributed by atoms with Gasteiger partial charge in [0.25, 0.3) is 0 Å². The van der Waals surface area contributed by atoms with E-state index in [0.29, 0.717) is 5.69 Å². The van der Waals surface area contributed by atoms with E-state index in [4.69, 9.17) is 11.6 Å². The molecule has 0 fully saturated rings. The van der Waals surface area contributed by atoms with Crippen molar-refractivity contribution < 1.29 is 9.18 Å². The summed E-state index contributed by atoms with van der Waals surface area (Å²) < 4.78 is 13.1. The number of carbonyl (C=O) groups is 1. The lowest BCUT2D eigenvalue weighted by Gasteiger charge is -2.30. The van der Waals surface area contributed by atoms with E-state index < -0.39 is 5.82 Å². The molecule has 0 aliphatic carbocycles. The molecule has 0 aliphatic rings. The SMILES string of the molecule is CC(C)(C)C(NCC(=O)Nc1ccc(F)c(Cl)c1)c1cccs1. The molecule has 1 aromatic heterocycles. The Labute approximate surface area is 144 Å². The van der Waals surface area contributed by atoms with E-state index in [2.05, 4.69) is 37.5 Å². The summed E-state index contributed by atoms with van der Waals surface area (Å²) in [6.45, 7) is 6.54. The number of amides is 1. The van der Waals surface area contributed by atoms with Crippen LogP contribution in [-0.4, -0.2) is 12.5 Å². The molecule has 1 unspecified atom stereocenters. The Kier molecular flexibility index (Phi) is 5.79. The van der Waals surface area contributed by atoms with Gasteiger partial charge in [0.2, 0.25) is 5.91 Å². The summed E-state index contributed by atoms with van der Waals surface area (Å²) in [6, 6.07) is 8.25. The fourth-order valence-electron chi connectivity index (χ4n) is 2.26. The number of anilines is 1. The van der Waals surface area contributed by atoms with Crippen molar-refractivity contribution in [3.05, 3.63) is 51.4 Å². The van der Waals surface area contributed by atoms with E-state index in [1.807, 2.05) is 11.4 Å². The number of nitrogens with one attached hydrogen (secondary N) is 2. The van der Waals surface area contributed by atoms with E-state index in [1.54, 1.807) is 11.3 Å². The highest BCUT2D eigenvalue weighted by Gasteiger charge is 2.27. The molecule has 1 amide bonds. The number of hydrogen-bond donors (Lipinski definition) is 2. The zero-order valence-corrected chi connectivity index (χ0v) is 14.9. The third-order valence-electron chi connectivity index (χ3n) is 3.36. The molecule has 1 heterocycles. The van der Waals surface area contributed by atoms with Crippen LogP contribution in [0.1, 0.15) is 31.7 Å². The predicted molar refractivity (Wildman–Crippen MR) is 94.6 cm³/mol. The molecule has 6 heteroatoms. The zero-order valence-electron chi connectivity index (χ0n) is 13.3. The van der Waals surface area contributed by atoms with Gasteiger partial charge >= 0.3 is 0 Å². The maximum absolute atomic E-state index is 13.1. The van der Waals surface area contributed by atoms with Gasteiger partial charge in [0.05, 0.1) is 11.6 Å². The first-order chi connectivity index (χ1) is 10.8. The van der Waals surface area contributed by atoms with E-state index in [0.717, 1.165) is 0 Å². The van der Waals surface area contributed by atoms with E-state index in [9.17, 15) is 9.18 Å². The Bertz CT molecular complexity index is 668. The van der Waals surface area contributed by atoms with Crippen molar-refractivity contribution in [1.29, 1.82) is 0 Å². The molecule has 2 rings (SSSR count). The fourth-order valence-corrected chi connectivity index (χ4v) is 3.49. The van der Waals surface area contributed by atoms with Gasteiger partial charge in [-0.15, -0.1) is 11.3 Å². The summed E-state index contributed by atoms with van der Waals surface area (Å²) >= 11 is 7.38. The van der Waals surface area contributed by atoms with Crippen molar-refractivity contribution in [2.24, 2.45) is 5.41 Å². The molecule has 1 aromatic carbocycles. The summed E-state index contributed by atoms with van der Waals surface area (Å²) in [5.41, 5.74) is 0.455. The topological polar surface area (TPSA) is 41.1 Å². The van der Waals surface area contributed by atoms with Gasteiger partial charge in [-0.1, -0.05) is 38.4 Å². The van der Waals surface area contributed by atoms with E-state index in [-0.39, 0.29) is 28.9 Å². The highest BCUT2D eigenvalue weighted by Crippen LogP contribution is 2.34. The largest absolute Gasteiger partial charge is 0.325 e. The van der Waals surface area contributed by atoms with Crippen LogP contribution in [0, 0.1) is 11.2 Å². The molecule has 23 heavy (non-hydrogen) atoms. The zero-order chi connectivity index (χ0) is 17.0. The van der Waals surface area contributed by atoms with Crippen LogP contribution in [-0.2, 0) is 4.79 Å². The second-order valence-electron chi connectivity index (χ2n) is 6.37. The summed E-state index contributed by atoms with van der Waals surface area (Å²) in [6.07, 6.45) is 0. The number of carbonyl (C=O) groups excluding carboxylic acids is 1. The maximum Gasteiger partial charge on any atom is 0.238 e. The number of hydrogen-bond acceptors (Lipinski definition) is 3. The smallest absolute Gasteiger partial charge is 0.238 e. The predicted octanol–water partition coefficient (Wildman–Crippen LogP) is 4.86. The quantitative estimate of drug-likeness (QED) is 0.805. The Morgan fingerprint density at radius 3 is 2.65 bits per heavy atom. The first-order valence-corrected chi connectivity index (χ1v) is 8.55. The Morgan fingerprint density at radius 2 is 2.09 bits per heavy atom. The summed E-state index contributed by atoms with van der Waals surface area (Å²) in [4.78, 5) is 13.3. The third-order valence-corrected chi connectivity index (χ3v) is 4.59. The molecule has 3 nitrogen and oxygen atoms in total. The lowest BCUT2D eigenvalue weighted by molar-refractivity contribution is -0.115. The summed E-state index contributed by atoms with van der Waals surface area (Å²) in [7, 11) is 0. The minimum Gasteiger partial charge on any atom is -0.325 e. The van der Waals surface area contributed by atoms with Gasteiger partial charge in [0.15, 0.2) is 0 Å². The minimum atomic E-state index is -0.506. The van der Waals surface area contributed by atoms with Crippen LogP contribution in [0.4, 0.5) is 10.1 Å². The van der Waals surface area contributed by atoms with E-state index in [1.165, 1.54) is 23.1 Å². The van der Waals surface area contributed by atoms with Gasteiger partial charge in [-0.3, -0.25) is 4.79 Å². The van der Waals surface area contributed by atoms with Gasteiger partial charge in [0, 0.05) is 16.6 Å². The summed E-state index contributed by atoms with van der Waals surface area (Å²) in [5.74, 6) is -0.702. The molecule has 1 atom stereocenters. The van der Waals surface area contributed by atoms with Crippen LogP contribution in [0.25, 0.3) is 0 Å². The molecular weight excluding hydrogens is 335 g/mol. The molecule has 0 bridgehead atoms. The molecule has 2 aromatic rings. The Morgan fingerprint density at radius 1 is 1.35 bits per heavy atom. The van der Waals surface area contributed by atoms with Crippen molar-refractivity contribution in [3.63, 3.8) is 0 Å². The highest BCUT2D eigenvalue weighted by molar-refractivity contribution is 7.10. The Hall–Kier alpha value is -1.43. The van der Waals surface area contributed by atoms with Crippen LogP contribution >= 0.6 is 22.9 Å². The van der Waals surface area contributed by atoms with Gasteiger partial charge in [0.1, 0.15) is 5.82 Å².